The molecule has 1 aromatic heterocycles. The van der Waals surface area contributed by atoms with Crippen LogP contribution in [0.5, 0.6) is 0 Å². The van der Waals surface area contributed by atoms with Gasteiger partial charge < -0.3 is 4.90 Å². The summed E-state index contributed by atoms with van der Waals surface area (Å²) in [4.78, 5) is 6.37. The highest BCUT2D eigenvalue weighted by Gasteiger charge is 2.06. The van der Waals surface area contributed by atoms with E-state index in [1.165, 1.54) is 0 Å². The molecule has 0 aliphatic carbocycles. The van der Waals surface area contributed by atoms with Crippen LogP contribution >= 0.6 is 34.5 Å². The highest BCUT2D eigenvalue weighted by atomic mass is 35.5. The zero-order chi connectivity index (χ0) is 12.3. The third-order valence-electron chi connectivity index (χ3n) is 2.50. The van der Waals surface area contributed by atoms with Crippen molar-refractivity contribution in [3.63, 3.8) is 0 Å². The Kier molecular flexibility index (Phi) is 4.26. The minimum absolute atomic E-state index is 0.439. The SMILES string of the molecule is CN(Cc1cscn1)c1ccc(CCl)c(Cl)c1. The van der Waals surface area contributed by atoms with Gasteiger partial charge in [0.15, 0.2) is 0 Å². The zero-order valence-corrected chi connectivity index (χ0v) is 11.7. The molecule has 2 rings (SSSR count). The van der Waals surface area contributed by atoms with Gasteiger partial charge >= 0.3 is 0 Å². The molecule has 0 aliphatic heterocycles. The maximum absolute atomic E-state index is 6.13. The van der Waals surface area contributed by atoms with E-state index in [2.05, 4.69) is 9.88 Å². The predicted molar refractivity (Wildman–Crippen MR) is 75.2 cm³/mol. The van der Waals surface area contributed by atoms with E-state index in [-0.39, 0.29) is 0 Å². The second-order valence-electron chi connectivity index (χ2n) is 3.75. The number of hydrogen-bond acceptors (Lipinski definition) is 3. The topological polar surface area (TPSA) is 16.1 Å². The smallest absolute Gasteiger partial charge is 0.0795 e. The largest absolute Gasteiger partial charge is 0.369 e. The summed E-state index contributed by atoms with van der Waals surface area (Å²) in [5, 5.41) is 2.76. The lowest BCUT2D eigenvalue weighted by Gasteiger charge is -2.18. The number of hydrogen-bond donors (Lipinski definition) is 0. The quantitative estimate of drug-likeness (QED) is 0.784. The van der Waals surface area contributed by atoms with Crippen molar-refractivity contribution in [3.05, 3.63) is 45.4 Å². The Morgan fingerprint density at radius 1 is 1.41 bits per heavy atom. The molecule has 0 atom stereocenters. The number of rotatable bonds is 4. The molecule has 0 N–H and O–H groups in total. The van der Waals surface area contributed by atoms with E-state index in [0.29, 0.717) is 10.9 Å². The van der Waals surface area contributed by atoms with E-state index < -0.39 is 0 Å². The van der Waals surface area contributed by atoms with Gasteiger partial charge in [0, 0.05) is 29.0 Å². The van der Waals surface area contributed by atoms with Gasteiger partial charge in [-0.3, -0.25) is 0 Å². The van der Waals surface area contributed by atoms with Crippen molar-refractivity contribution in [2.75, 3.05) is 11.9 Å². The van der Waals surface area contributed by atoms with Crippen LogP contribution in [0.15, 0.2) is 29.1 Å². The molecule has 5 heteroatoms. The number of halogens is 2. The van der Waals surface area contributed by atoms with Crippen molar-refractivity contribution >= 4 is 40.2 Å². The van der Waals surface area contributed by atoms with Gasteiger partial charge in [-0.25, -0.2) is 4.98 Å². The Bertz CT molecular complexity index is 485. The van der Waals surface area contributed by atoms with Crippen molar-refractivity contribution in [3.8, 4) is 0 Å². The van der Waals surface area contributed by atoms with Gasteiger partial charge in [-0.2, -0.15) is 0 Å². The number of anilines is 1. The number of thiazole rings is 1. The lowest BCUT2D eigenvalue weighted by Crippen LogP contribution is -2.16. The molecule has 0 aliphatic rings. The molecule has 1 aromatic carbocycles. The second-order valence-corrected chi connectivity index (χ2v) is 5.14. The summed E-state index contributed by atoms with van der Waals surface area (Å²) < 4.78 is 0. The Labute approximate surface area is 115 Å². The van der Waals surface area contributed by atoms with Crippen molar-refractivity contribution in [1.82, 2.24) is 4.98 Å². The molecule has 0 fully saturated rings. The third kappa shape index (κ3) is 3.12. The molecule has 0 saturated carbocycles. The molecular formula is C12H12Cl2N2S. The maximum atomic E-state index is 6.13. The summed E-state index contributed by atoms with van der Waals surface area (Å²) in [6, 6.07) is 5.92. The molecule has 0 amide bonds. The van der Waals surface area contributed by atoms with E-state index in [4.69, 9.17) is 23.2 Å². The highest BCUT2D eigenvalue weighted by Crippen LogP contribution is 2.25. The van der Waals surface area contributed by atoms with Gasteiger partial charge in [0.1, 0.15) is 0 Å². The summed E-state index contributed by atoms with van der Waals surface area (Å²) in [7, 11) is 2.02. The molecule has 17 heavy (non-hydrogen) atoms. The zero-order valence-electron chi connectivity index (χ0n) is 9.36. The lowest BCUT2D eigenvalue weighted by atomic mass is 10.2. The lowest BCUT2D eigenvalue weighted by molar-refractivity contribution is 0.894. The van der Waals surface area contributed by atoms with E-state index in [0.717, 1.165) is 23.5 Å². The van der Waals surface area contributed by atoms with Crippen LogP contribution in [0.3, 0.4) is 0 Å². The number of nitrogens with zero attached hydrogens (tertiary/aromatic N) is 2. The van der Waals surface area contributed by atoms with Crippen LogP contribution in [-0.2, 0) is 12.4 Å². The van der Waals surface area contributed by atoms with Crippen LogP contribution in [0, 0.1) is 0 Å². The summed E-state index contributed by atoms with van der Waals surface area (Å²) in [5.41, 5.74) is 4.93. The van der Waals surface area contributed by atoms with Crippen LogP contribution in [-0.4, -0.2) is 12.0 Å². The van der Waals surface area contributed by atoms with Crippen molar-refractivity contribution in [1.29, 1.82) is 0 Å². The molecule has 0 bridgehead atoms. The summed E-state index contributed by atoms with van der Waals surface area (Å²) in [5.74, 6) is 0.439. The third-order valence-corrected chi connectivity index (χ3v) is 3.78. The fourth-order valence-corrected chi connectivity index (χ4v) is 2.62. The molecule has 90 valence electrons. The van der Waals surface area contributed by atoms with E-state index >= 15 is 0 Å². The minimum Gasteiger partial charge on any atom is -0.369 e. The van der Waals surface area contributed by atoms with Crippen LogP contribution in [0.2, 0.25) is 5.02 Å². The monoisotopic (exact) mass is 286 g/mol. The summed E-state index contributed by atoms with van der Waals surface area (Å²) >= 11 is 13.5. The molecular weight excluding hydrogens is 275 g/mol. The van der Waals surface area contributed by atoms with Gasteiger partial charge in [-0.15, -0.1) is 22.9 Å². The van der Waals surface area contributed by atoms with Gasteiger partial charge in [0.05, 0.1) is 17.7 Å². The average Bonchev–Trinajstić information content (AvgIpc) is 2.81. The van der Waals surface area contributed by atoms with Gasteiger partial charge in [-0.1, -0.05) is 17.7 Å². The van der Waals surface area contributed by atoms with Gasteiger partial charge in [0.2, 0.25) is 0 Å². The first-order valence-electron chi connectivity index (χ1n) is 5.13. The second kappa shape index (κ2) is 5.71. The van der Waals surface area contributed by atoms with Gasteiger partial charge in [-0.05, 0) is 17.7 Å². The first-order chi connectivity index (χ1) is 8.20. The standard InChI is InChI=1S/C12H12Cl2N2S/c1-16(6-10-7-17-8-15-10)11-3-2-9(5-13)12(14)4-11/h2-4,7-8H,5-6H2,1H3. The normalized spacial score (nSPS) is 10.5. The predicted octanol–water partition coefficient (Wildman–Crippen LogP) is 4.17. The first-order valence-corrected chi connectivity index (χ1v) is 6.99. The molecule has 0 spiro atoms. The number of aromatic nitrogens is 1. The Balaban J connectivity index is 2.14. The van der Waals surface area contributed by atoms with Gasteiger partial charge in [0.25, 0.3) is 0 Å². The van der Waals surface area contributed by atoms with Crippen LogP contribution < -0.4 is 4.90 Å². The Morgan fingerprint density at radius 3 is 2.82 bits per heavy atom. The molecule has 2 nitrogen and oxygen atoms in total. The Hall–Kier alpha value is -0.770. The van der Waals surface area contributed by atoms with Crippen molar-refractivity contribution in [2.45, 2.75) is 12.4 Å². The van der Waals surface area contributed by atoms with E-state index in [9.17, 15) is 0 Å². The fraction of sp³-hybridized carbons (Fsp3) is 0.250. The summed E-state index contributed by atoms with van der Waals surface area (Å²) in [6.45, 7) is 0.778. The molecule has 2 aromatic rings. The van der Waals surface area contributed by atoms with E-state index in [1.807, 2.05) is 36.1 Å². The summed E-state index contributed by atoms with van der Waals surface area (Å²) in [6.07, 6.45) is 0. The highest BCUT2D eigenvalue weighted by molar-refractivity contribution is 7.07. The molecule has 1 heterocycles. The fourth-order valence-electron chi connectivity index (χ4n) is 1.53. The van der Waals surface area contributed by atoms with Crippen molar-refractivity contribution in [2.24, 2.45) is 0 Å². The average molecular weight is 287 g/mol. The first kappa shape index (κ1) is 12.7. The Morgan fingerprint density at radius 2 is 2.24 bits per heavy atom. The van der Waals surface area contributed by atoms with Crippen LogP contribution in [0.25, 0.3) is 0 Å². The number of benzene rings is 1. The van der Waals surface area contributed by atoms with Crippen molar-refractivity contribution < 1.29 is 0 Å². The molecule has 0 radical (unpaired) electrons. The minimum atomic E-state index is 0.439. The van der Waals surface area contributed by atoms with E-state index in [1.54, 1.807) is 11.3 Å². The number of alkyl halides is 1. The molecule has 0 saturated heterocycles. The molecule has 0 unspecified atom stereocenters. The van der Waals surface area contributed by atoms with Crippen LogP contribution in [0.1, 0.15) is 11.3 Å². The maximum Gasteiger partial charge on any atom is 0.0795 e. The van der Waals surface area contributed by atoms with Crippen LogP contribution in [0.4, 0.5) is 5.69 Å².